The van der Waals surface area contributed by atoms with E-state index in [0.717, 1.165) is 27.6 Å². The van der Waals surface area contributed by atoms with Crippen LogP contribution >= 0.6 is 0 Å². The zero-order chi connectivity index (χ0) is 21.5. The van der Waals surface area contributed by atoms with Crippen molar-refractivity contribution in [2.24, 2.45) is 5.14 Å². The first-order valence-electron chi connectivity index (χ1n) is 9.93. The molecule has 30 heavy (non-hydrogen) atoms. The number of carbonyl (C=O) groups is 1. The maximum Gasteiger partial charge on any atom is 0.240 e. The topological polar surface area (TPSA) is 92.5 Å². The van der Waals surface area contributed by atoms with Crippen LogP contribution in [0.5, 0.6) is 0 Å². The van der Waals surface area contributed by atoms with E-state index in [-0.39, 0.29) is 29.4 Å². The fourth-order valence-electron chi connectivity index (χ4n) is 4.24. The maximum absolute atomic E-state index is 12.8. The lowest BCUT2D eigenvalue weighted by atomic mass is 10.00. The van der Waals surface area contributed by atoms with E-state index in [1.54, 1.807) is 12.1 Å². The standard InChI is InChI=1S/C23H25N3O3S/c1-15-12-18-13-19(30(24,28)29)10-11-22(18)26(15)14-23(27)25-16(2)20-9-5-7-17-6-3-4-8-21(17)20/h3-11,13,15-16H,12,14H2,1-2H3,(H,25,27)(H2,24,28,29)/t15-,16+/m1/s1. The van der Waals surface area contributed by atoms with Crippen LogP contribution in [-0.2, 0) is 21.2 Å². The highest BCUT2D eigenvalue weighted by molar-refractivity contribution is 7.89. The van der Waals surface area contributed by atoms with E-state index in [2.05, 4.69) is 23.5 Å². The summed E-state index contributed by atoms with van der Waals surface area (Å²) in [4.78, 5) is 14.9. The summed E-state index contributed by atoms with van der Waals surface area (Å²) in [6, 6.07) is 19.0. The molecule has 0 aliphatic carbocycles. The smallest absolute Gasteiger partial charge is 0.240 e. The third-order valence-corrected chi connectivity index (χ3v) is 6.63. The highest BCUT2D eigenvalue weighted by Gasteiger charge is 2.29. The Labute approximate surface area is 176 Å². The predicted molar refractivity (Wildman–Crippen MR) is 119 cm³/mol. The van der Waals surface area contributed by atoms with Crippen LogP contribution < -0.4 is 15.4 Å². The van der Waals surface area contributed by atoms with Gasteiger partial charge in [-0.1, -0.05) is 42.5 Å². The van der Waals surface area contributed by atoms with Crippen molar-refractivity contribution in [2.45, 2.75) is 37.2 Å². The van der Waals surface area contributed by atoms with Crippen LogP contribution in [0, 0.1) is 0 Å². The van der Waals surface area contributed by atoms with Crippen LogP contribution in [0.2, 0.25) is 0 Å². The molecule has 4 rings (SSSR count). The van der Waals surface area contributed by atoms with Crippen molar-refractivity contribution in [2.75, 3.05) is 11.4 Å². The van der Waals surface area contributed by atoms with Crippen molar-refractivity contribution in [3.8, 4) is 0 Å². The number of nitrogens with one attached hydrogen (secondary N) is 1. The molecule has 0 saturated carbocycles. The summed E-state index contributed by atoms with van der Waals surface area (Å²) < 4.78 is 23.2. The molecule has 3 aromatic carbocycles. The maximum atomic E-state index is 12.8. The molecule has 7 heteroatoms. The number of nitrogens with zero attached hydrogens (tertiary/aromatic N) is 1. The van der Waals surface area contributed by atoms with Crippen molar-refractivity contribution in [1.29, 1.82) is 0 Å². The van der Waals surface area contributed by atoms with Gasteiger partial charge in [-0.3, -0.25) is 4.79 Å². The van der Waals surface area contributed by atoms with E-state index in [1.807, 2.05) is 43.0 Å². The number of rotatable bonds is 5. The molecule has 1 amide bonds. The number of benzene rings is 3. The Bertz CT molecular complexity index is 1220. The average Bonchev–Trinajstić information content (AvgIpc) is 3.01. The number of fused-ring (bicyclic) bond motifs is 2. The van der Waals surface area contributed by atoms with E-state index >= 15 is 0 Å². The summed E-state index contributed by atoms with van der Waals surface area (Å²) in [7, 11) is -3.74. The Morgan fingerprint density at radius 3 is 2.67 bits per heavy atom. The van der Waals surface area contributed by atoms with Gasteiger partial charge in [-0.25, -0.2) is 13.6 Å². The van der Waals surface area contributed by atoms with Gasteiger partial charge in [0.1, 0.15) is 0 Å². The van der Waals surface area contributed by atoms with E-state index in [1.165, 1.54) is 6.07 Å². The largest absolute Gasteiger partial charge is 0.359 e. The molecule has 1 aliphatic heterocycles. The molecule has 0 unspecified atom stereocenters. The number of amides is 1. The summed E-state index contributed by atoms with van der Waals surface area (Å²) in [6.07, 6.45) is 0.671. The van der Waals surface area contributed by atoms with Crippen LogP contribution in [0.1, 0.15) is 31.0 Å². The van der Waals surface area contributed by atoms with Gasteiger partial charge in [0.15, 0.2) is 0 Å². The summed E-state index contributed by atoms with van der Waals surface area (Å²) in [5.41, 5.74) is 2.85. The number of hydrogen-bond donors (Lipinski definition) is 2. The lowest BCUT2D eigenvalue weighted by Gasteiger charge is -2.25. The minimum Gasteiger partial charge on any atom is -0.359 e. The molecular formula is C23H25N3O3S. The van der Waals surface area contributed by atoms with Gasteiger partial charge in [0.2, 0.25) is 15.9 Å². The number of nitrogens with two attached hydrogens (primary N) is 1. The molecule has 3 N–H and O–H groups in total. The van der Waals surface area contributed by atoms with Crippen molar-refractivity contribution in [1.82, 2.24) is 5.32 Å². The monoisotopic (exact) mass is 423 g/mol. The van der Waals surface area contributed by atoms with Gasteiger partial charge in [0, 0.05) is 11.7 Å². The lowest BCUT2D eigenvalue weighted by molar-refractivity contribution is -0.120. The summed E-state index contributed by atoms with van der Waals surface area (Å²) in [5, 5.41) is 10.6. The second-order valence-corrected chi connectivity index (χ2v) is 9.44. The molecule has 156 valence electrons. The molecule has 3 aromatic rings. The molecular weight excluding hydrogens is 398 g/mol. The van der Waals surface area contributed by atoms with Crippen molar-refractivity contribution < 1.29 is 13.2 Å². The van der Waals surface area contributed by atoms with Crippen LogP contribution in [-0.4, -0.2) is 26.9 Å². The third-order valence-electron chi connectivity index (χ3n) is 5.72. The molecule has 2 atom stereocenters. The van der Waals surface area contributed by atoms with Gasteiger partial charge < -0.3 is 10.2 Å². The van der Waals surface area contributed by atoms with Crippen molar-refractivity contribution in [3.05, 3.63) is 71.8 Å². The lowest BCUT2D eigenvalue weighted by Crippen LogP contribution is -2.40. The van der Waals surface area contributed by atoms with Crippen LogP contribution in [0.3, 0.4) is 0 Å². The highest BCUT2D eigenvalue weighted by atomic mass is 32.2. The molecule has 0 fully saturated rings. The Morgan fingerprint density at radius 1 is 1.17 bits per heavy atom. The van der Waals surface area contributed by atoms with E-state index in [0.29, 0.717) is 6.42 Å². The van der Waals surface area contributed by atoms with E-state index in [4.69, 9.17) is 5.14 Å². The zero-order valence-corrected chi connectivity index (χ0v) is 17.8. The molecule has 0 saturated heterocycles. The molecule has 0 bridgehead atoms. The Hall–Kier alpha value is -2.90. The first kappa shape index (κ1) is 20.4. The zero-order valence-electron chi connectivity index (χ0n) is 17.0. The second kappa shape index (κ2) is 7.74. The van der Waals surface area contributed by atoms with Crippen LogP contribution in [0.4, 0.5) is 5.69 Å². The van der Waals surface area contributed by atoms with Crippen molar-refractivity contribution in [3.63, 3.8) is 0 Å². The number of carbonyl (C=O) groups excluding carboxylic acids is 1. The summed E-state index contributed by atoms with van der Waals surface area (Å²) in [5.74, 6) is -0.0781. The van der Waals surface area contributed by atoms with Gasteiger partial charge in [-0.05, 0) is 60.4 Å². The van der Waals surface area contributed by atoms with E-state index < -0.39 is 10.0 Å². The summed E-state index contributed by atoms with van der Waals surface area (Å²) >= 11 is 0. The Balaban J connectivity index is 1.51. The molecule has 1 aliphatic rings. The fourth-order valence-corrected chi connectivity index (χ4v) is 4.80. The fraction of sp³-hybridized carbons (Fsp3) is 0.261. The predicted octanol–water partition coefficient (Wildman–Crippen LogP) is 3.12. The first-order valence-corrected chi connectivity index (χ1v) is 11.5. The molecule has 0 radical (unpaired) electrons. The quantitative estimate of drug-likeness (QED) is 0.659. The van der Waals surface area contributed by atoms with E-state index in [9.17, 15) is 13.2 Å². The minimum atomic E-state index is -3.74. The Morgan fingerprint density at radius 2 is 1.90 bits per heavy atom. The molecule has 0 aromatic heterocycles. The number of anilines is 1. The minimum absolute atomic E-state index is 0.0781. The van der Waals surface area contributed by atoms with Gasteiger partial charge in [-0.15, -0.1) is 0 Å². The second-order valence-electron chi connectivity index (χ2n) is 7.87. The summed E-state index contributed by atoms with van der Waals surface area (Å²) in [6.45, 7) is 4.22. The van der Waals surface area contributed by atoms with Gasteiger partial charge in [0.05, 0.1) is 17.5 Å². The SMILES string of the molecule is C[C@H](NC(=O)CN1c2ccc(S(N)(=O)=O)cc2C[C@H]1C)c1cccc2ccccc12. The Kier molecular flexibility index (Phi) is 5.26. The van der Waals surface area contributed by atoms with Crippen LogP contribution in [0.25, 0.3) is 10.8 Å². The van der Waals surface area contributed by atoms with Gasteiger partial charge >= 0.3 is 0 Å². The molecule has 6 nitrogen and oxygen atoms in total. The highest BCUT2D eigenvalue weighted by Crippen LogP contribution is 2.33. The average molecular weight is 424 g/mol. The first-order chi connectivity index (χ1) is 14.2. The number of hydrogen-bond acceptors (Lipinski definition) is 4. The van der Waals surface area contributed by atoms with Crippen LogP contribution in [0.15, 0.2) is 65.6 Å². The third kappa shape index (κ3) is 3.91. The van der Waals surface area contributed by atoms with Gasteiger partial charge in [-0.2, -0.15) is 0 Å². The molecule has 1 heterocycles. The number of primary sulfonamides is 1. The van der Waals surface area contributed by atoms with Gasteiger partial charge in [0.25, 0.3) is 0 Å². The molecule has 0 spiro atoms. The normalized spacial score (nSPS) is 17.0. The van der Waals surface area contributed by atoms with Crippen molar-refractivity contribution >= 4 is 32.4 Å². The number of sulfonamides is 1.